The first kappa shape index (κ1) is 23.1. The Balaban J connectivity index is 1.31. The second kappa shape index (κ2) is 10.3. The summed E-state index contributed by atoms with van der Waals surface area (Å²) in [7, 11) is 1.98. The van der Waals surface area contributed by atoms with E-state index in [1.807, 2.05) is 83.4 Å². The molecular formula is C28H28ClN5O. The zero-order chi connectivity index (χ0) is 24.2. The molecular weight excluding hydrogens is 458 g/mol. The molecule has 1 amide bonds. The third-order valence-corrected chi connectivity index (χ3v) is 6.59. The molecule has 0 bridgehead atoms. The first-order chi connectivity index (χ1) is 17.1. The summed E-state index contributed by atoms with van der Waals surface area (Å²) >= 11 is 6.10. The number of nitrogens with zero attached hydrogens (tertiary/aromatic N) is 5. The van der Waals surface area contributed by atoms with Crippen LogP contribution < -0.4 is 0 Å². The maximum absolute atomic E-state index is 13.6. The number of aromatic nitrogens is 3. The molecule has 5 rings (SSSR count). The van der Waals surface area contributed by atoms with E-state index in [4.69, 9.17) is 16.7 Å². The molecule has 6 nitrogen and oxygen atoms in total. The summed E-state index contributed by atoms with van der Waals surface area (Å²) in [5, 5.41) is 5.45. The highest BCUT2D eigenvalue weighted by Crippen LogP contribution is 2.24. The normalized spacial score (nSPS) is 14.6. The van der Waals surface area contributed by atoms with Crippen molar-refractivity contribution in [1.29, 1.82) is 0 Å². The smallest absolute Gasteiger partial charge is 0.272 e. The van der Waals surface area contributed by atoms with Crippen molar-refractivity contribution in [3.05, 3.63) is 101 Å². The average molecular weight is 486 g/mol. The molecule has 1 aliphatic rings. The van der Waals surface area contributed by atoms with Crippen molar-refractivity contribution in [2.45, 2.75) is 0 Å². The minimum atomic E-state index is -0.00705. The lowest BCUT2D eigenvalue weighted by Gasteiger charge is -2.34. The standard InChI is InChI=1S/C28H28ClN5O/c1-31-15-6-10-26(31)25-21-27(34(30-25)24-13-11-23(29)12-14-24)28(35)33-19-17-32(18-20-33)16-5-9-22-7-3-2-4-8-22/h2-15,21H,16-20H2,1H3. The second-order valence-corrected chi connectivity index (χ2v) is 9.15. The van der Waals surface area contributed by atoms with Crippen molar-refractivity contribution in [2.24, 2.45) is 7.05 Å². The SMILES string of the molecule is Cn1cccc1-c1cc(C(=O)N2CCN(CC=Cc3ccccc3)CC2)n(-c2ccc(Cl)cc2)n1. The van der Waals surface area contributed by atoms with E-state index in [2.05, 4.69) is 29.2 Å². The van der Waals surface area contributed by atoms with Crippen LogP contribution in [0.3, 0.4) is 0 Å². The van der Waals surface area contributed by atoms with Crippen molar-refractivity contribution in [1.82, 2.24) is 24.1 Å². The fraction of sp³-hybridized carbons (Fsp3) is 0.214. The van der Waals surface area contributed by atoms with Gasteiger partial charge in [-0.1, -0.05) is 54.1 Å². The van der Waals surface area contributed by atoms with E-state index in [0.717, 1.165) is 36.7 Å². The van der Waals surface area contributed by atoms with E-state index >= 15 is 0 Å². The van der Waals surface area contributed by atoms with E-state index in [1.54, 1.807) is 4.68 Å². The van der Waals surface area contributed by atoms with Gasteiger partial charge in [0.2, 0.25) is 0 Å². The van der Waals surface area contributed by atoms with Gasteiger partial charge in [-0.2, -0.15) is 5.10 Å². The molecule has 178 valence electrons. The molecule has 1 aliphatic heterocycles. The lowest BCUT2D eigenvalue weighted by molar-refractivity contribution is 0.0641. The number of halogens is 1. The molecule has 1 fully saturated rings. The maximum Gasteiger partial charge on any atom is 0.272 e. The summed E-state index contributed by atoms with van der Waals surface area (Å²) in [5.41, 5.74) is 4.29. The third-order valence-electron chi connectivity index (χ3n) is 6.34. The van der Waals surface area contributed by atoms with Gasteiger partial charge in [0.1, 0.15) is 11.4 Å². The van der Waals surface area contributed by atoms with Crippen LogP contribution in [0, 0.1) is 0 Å². The van der Waals surface area contributed by atoms with Crippen molar-refractivity contribution < 1.29 is 4.79 Å². The van der Waals surface area contributed by atoms with Crippen LogP contribution in [-0.2, 0) is 7.05 Å². The van der Waals surface area contributed by atoms with Crippen LogP contribution >= 0.6 is 11.6 Å². The highest BCUT2D eigenvalue weighted by Gasteiger charge is 2.26. The average Bonchev–Trinajstić information content (AvgIpc) is 3.51. The number of amides is 1. The monoisotopic (exact) mass is 485 g/mol. The number of aryl methyl sites for hydroxylation is 1. The first-order valence-corrected chi connectivity index (χ1v) is 12.2. The predicted octanol–water partition coefficient (Wildman–Crippen LogP) is 5.00. The Morgan fingerprint density at radius 1 is 0.971 bits per heavy atom. The highest BCUT2D eigenvalue weighted by atomic mass is 35.5. The Labute approximate surface area is 210 Å². The summed E-state index contributed by atoms with van der Waals surface area (Å²) in [5.74, 6) is -0.00705. The molecule has 0 saturated carbocycles. The zero-order valence-corrected chi connectivity index (χ0v) is 20.5. The zero-order valence-electron chi connectivity index (χ0n) is 19.7. The van der Waals surface area contributed by atoms with Crippen molar-refractivity contribution in [3.8, 4) is 17.1 Å². The molecule has 0 N–H and O–H groups in total. The Bertz CT molecular complexity index is 1320. The molecule has 0 unspecified atom stereocenters. The van der Waals surface area contributed by atoms with Crippen LogP contribution in [0.1, 0.15) is 16.1 Å². The van der Waals surface area contributed by atoms with Gasteiger partial charge in [-0.15, -0.1) is 0 Å². The van der Waals surface area contributed by atoms with Crippen LogP contribution in [0.15, 0.2) is 85.1 Å². The quantitative estimate of drug-likeness (QED) is 0.386. The van der Waals surface area contributed by atoms with Crippen molar-refractivity contribution >= 4 is 23.6 Å². The number of carbonyl (C=O) groups excluding carboxylic acids is 1. The van der Waals surface area contributed by atoms with Crippen LogP contribution in [0.2, 0.25) is 5.02 Å². The minimum Gasteiger partial charge on any atom is -0.349 e. The molecule has 7 heteroatoms. The fourth-order valence-electron chi connectivity index (χ4n) is 4.36. The molecule has 0 atom stereocenters. The lowest BCUT2D eigenvalue weighted by Crippen LogP contribution is -2.49. The van der Waals surface area contributed by atoms with Crippen LogP contribution in [0.4, 0.5) is 0 Å². The number of rotatable bonds is 6. The fourth-order valence-corrected chi connectivity index (χ4v) is 4.49. The lowest BCUT2D eigenvalue weighted by atomic mass is 10.2. The summed E-state index contributed by atoms with van der Waals surface area (Å²) in [6.45, 7) is 3.92. The van der Waals surface area contributed by atoms with Gasteiger partial charge in [0.15, 0.2) is 0 Å². The van der Waals surface area contributed by atoms with E-state index in [0.29, 0.717) is 23.8 Å². The van der Waals surface area contributed by atoms with Gasteiger partial charge in [-0.3, -0.25) is 9.69 Å². The number of benzene rings is 2. The van der Waals surface area contributed by atoms with Gasteiger partial charge in [0.25, 0.3) is 5.91 Å². The Hall–Kier alpha value is -3.61. The Morgan fingerprint density at radius 3 is 2.40 bits per heavy atom. The minimum absolute atomic E-state index is 0.00705. The molecule has 1 saturated heterocycles. The predicted molar refractivity (Wildman–Crippen MR) is 141 cm³/mol. The van der Waals surface area contributed by atoms with Crippen molar-refractivity contribution in [2.75, 3.05) is 32.7 Å². The molecule has 2 aromatic carbocycles. The molecule has 2 aromatic heterocycles. The molecule has 4 aromatic rings. The molecule has 35 heavy (non-hydrogen) atoms. The summed E-state index contributed by atoms with van der Waals surface area (Å²) < 4.78 is 3.74. The number of hydrogen-bond donors (Lipinski definition) is 0. The van der Waals surface area contributed by atoms with Gasteiger partial charge in [0, 0.05) is 51.0 Å². The number of carbonyl (C=O) groups is 1. The van der Waals surface area contributed by atoms with E-state index in [-0.39, 0.29) is 5.91 Å². The third kappa shape index (κ3) is 5.24. The molecule has 0 spiro atoms. The summed E-state index contributed by atoms with van der Waals surface area (Å²) in [6, 6.07) is 23.6. The van der Waals surface area contributed by atoms with Crippen LogP contribution in [-0.4, -0.2) is 62.8 Å². The Kier molecular flexibility index (Phi) is 6.84. The first-order valence-electron chi connectivity index (χ1n) is 11.8. The molecule has 3 heterocycles. The molecule has 0 radical (unpaired) electrons. The summed E-state index contributed by atoms with van der Waals surface area (Å²) in [6.07, 6.45) is 6.31. The molecule has 0 aliphatic carbocycles. The number of hydrogen-bond acceptors (Lipinski definition) is 3. The van der Waals surface area contributed by atoms with Crippen molar-refractivity contribution in [3.63, 3.8) is 0 Å². The maximum atomic E-state index is 13.6. The van der Waals surface area contributed by atoms with Gasteiger partial charge in [-0.05, 0) is 48.0 Å². The second-order valence-electron chi connectivity index (χ2n) is 8.71. The highest BCUT2D eigenvalue weighted by molar-refractivity contribution is 6.30. The van der Waals surface area contributed by atoms with Crippen LogP contribution in [0.5, 0.6) is 0 Å². The topological polar surface area (TPSA) is 46.3 Å². The van der Waals surface area contributed by atoms with Gasteiger partial charge in [0.05, 0.1) is 11.4 Å². The van der Waals surface area contributed by atoms with Gasteiger partial charge in [-0.25, -0.2) is 4.68 Å². The van der Waals surface area contributed by atoms with Gasteiger partial charge < -0.3 is 9.47 Å². The summed E-state index contributed by atoms with van der Waals surface area (Å²) in [4.78, 5) is 17.9. The largest absolute Gasteiger partial charge is 0.349 e. The van der Waals surface area contributed by atoms with E-state index in [1.165, 1.54) is 5.56 Å². The van der Waals surface area contributed by atoms with E-state index < -0.39 is 0 Å². The number of piperazine rings is 1. The van der Waals surface area contributed by atoms with E-state index in [9.17, 15) is 4.79 Å². The Morgan fingerprint density at radius 2 is 1.71 bits per heavy atom. The van der Waals surface area contributed by atoms with Crippen LogP contribution in [0.25, 0.3) is 23.2 Å². The van der Waals surface area contributed by atoms with Gasteiger partial charge >= 0.3 is 0 Å².